The highest BCUT2D eigenvalue weighted by Gasteiger charge is 1.96. The van der Waals surface area contributed by atoms with Gasteiger partial charge < -0.3 is 4.57 Å². The maximum atomic E-state index is 10.6. The molecule has 0 aliphatic carbocycles. The van der Waals surface area contributed by atoms with E-state index >= 15 is 0 Å². The number of aromatic nitrogens is 1. The van der Waals surface area contributed by atoms with E-state index in [1.165, 1.54) is 0 Å². The van der Waals surface area contributed by atoms with Gasteiger partial charge in [0, 0.05) is 25.9 Å². The van der Waals surface area contributed by atoms with E-state index in [1.54, 1.807) is 6.92 Å². The fourth-order valence-corrected chi connectivity index (χ4v) is 0.953. The Bertz CT molecular complexity index is 237. The summed E-state index contributed by atoms with van der Waals surface area (Å²) in [5.74, 6) is 0.214. The smallest absolute Gasteiger partial charge is 0.134 e. The van der Waals surface area contributed by atoms with Crippen molar-refractivity contribution >= 4 is 5.78 Å². The van der Waals surface area contributed by atoms with Crippen LogP contribution in [0.25, 0.3) is 0 Å². The van der Waals surface area contributed by atoms with Crippen LogP contribution in [0.1, 0.15) is 12.5 Å². The number of Topliss-reactive ketones (excluding diaryl/α,β-unsaturated/α-hetero) is 1. The molecule has 54 valence electrons. The summed E-state index contributed by atoms with van der Waals surface area (Å²) < 4.78 is 1.94. The minimum atomic E-state index is 0.214. The van der Waals surface area contributed by atoms with Crippen molar-refractivity contribution in [3.05, 3.63) is 24.0 Å². The molecule has 0 aliphatic heterocycles. The van der Waals surface area contributed by atoms with Gasteiger partial charge >= 0.3 is 0 Å². The number of carbonyl (C=O) groups excluding carboxylic acids is 1. The molecule has 0 aromatic carbocycles. The van der Waals surface area contributed by atoms with Crippen LogP contribution in [0, 0.1) is 0 Å². The van der Waals surface area contributed by atoms with Gasteiger partial charge in [-0.05, 0) is 18.6 Å². The zero-order valence-electron chi connectivity index (χ0n) is 6.29. The summed E-state index contributed by atoms with van der Waals surface area (Å²) in [6, 6.07) is 1.96. The van der Waals surface area contributed by atoms with Crippen molar-refractivity contribution in [1.29, 1.82) is 0 Å². The number of nitrogens with zero attached hydrogens (tertiary/aromatic N) is 1. The molecule has 1 rings (SSSR count). The zero-order chi connectivity index (χ0) is 7.56. The third-order valence-electron chi connectivity index (χ3n) is 1.35. The van der Waals surface area contributed by atoms with Crippen molar-refractivity contribution in [2.24, 2.45) is 7.05 Å². The van der Waals surface area contributed by atoms with Gasteiger partial charge in [0.15, 0.2) is 0 Å². The lowest BCUT2D eigenvalue weighted by Crippen LogP contribution is -1.94. The monoisotopic (exact) mass is 137 g/mol. The van der Waals surface area contributed by atoms with E-state index in [2.05, 4.69) is 0 Å². The van der Waals surface area contributed by atoms with Gasteiger partial charge in [-0.3, -0.25) is 4.79 Å². The summed E-state index contributed by atoms with van der Waals surface area (Å²) >= 11 is 0. The lowest BCUT2D eigenvalue weighted by molar-refractivity contribution is -0.116. The van der Waals surface area contributed by atoms with Crippen molar-refractivity contribution in [3.63, 3.8) is 0 Å². The fraction of sp³-hybridized carbons (Fsp3) is 0.375. The molecule has 0 amide bonds. The Labute approximate surface area is 60.5 Å². The molecule has 1 aromatic rings. The van der Waals surface area contributed by atoms with Crippen LogP contribution in [0.2, 0.25) is 0 Å². The normalized spacial score (nSPS) is 9.80. The Morgan fingerprint density at radius 1 is 1.70 bits per heavy atom. The number of aryl methyl sites for hydroxylation is 1. The van der Waals surface area contributed by atoms with Crippen LogP contribution in [-0.4, -0.2) is 10.4 Å². The van der Waals surface area contributed by atoms with Gasteiger partial charge in [0.1, 0.15) is 5.78 Å². The number of ketones is 1. The maximum Gasteiger partial charge on any atom is 0.134 e. The third-order valence-corrected chi connectivity index (χ3v) is 1.35. The second-order valence-corrected chi connectivity index (χ2v) is 2.56. The predicted octanol–water partition coefficient (Wildman–Crippen LogP) is 1.16. The highest BCUT2D eigenvalue weighted by molar-refractivity contribution is 5.78. The second kappa shape index (κ2) is 2.69. The second-order valence-electron chi connectivity index (χ2n) is 2.56. The molecule has 0 atom stereocenters. The Kier molecular flexibility index (Phi) is 1.90. The van der Waals surface area contributed by atoms with Crippen LogP contribution in [0.4, 0.5) is 0 Å². The number of hydrogen-bond donors (Lipinski definition) is 0. The van der Waals surface area contributed by atoms with Crippen LogP contribution in [0.3, 0.4) is 0 Å². The largest absolute Gasteiger partial charge is 0.357 e. The first kappa shape index (κ1) is 7.06. The van der Waals surface area contributed by atoms with E-state index in [0.29, 0.717) is 6.42 Å². The molecule has 10 heavy (non-hydrogen) atoms. The molecule has 0 bridgehead atoms. The summed E-state index contributed by atoms with van der Waals surface area (Å²) in [6.07, 6.45) is 4.46. The van der Waals surface area contributed by atoms with Crippen LogP contribution in [-0.2, 0) is 18.3 Å². The van der Waals surface area contributed by atoms with Crippen molar-refractivity contribution < 1.29 is 4.79 Å². The summed E-state index contributed by atoms with van der Waals surface area (Å²) in [5.41, 5.74) is 1.09. The van der Waals surface area contributed by atoms with Crippen molar-refractivity contribution in [2.75, 3.05) is 0 Å². The quantitative estimate of drug-likeness (QED) is 0.599. The predicted molar refractivity (Wildman–Crippen MR) is 39.8 cm³/mol. The summed E-state index contributed by atoms with van der Waals surface area (Å²) in [4.78, 5) is 10.6. The summed E-state index contributed by atoms with van der Waals surface area (Å²) in [7, 11) is 1.95. The molecule has 1 aromatic heterocycles. The molecule has 2 nitrogen and oxygen atoms in total. The standard InChI is InChI=1S/C8H11NO/c1-7(10)5-8-3-4-9(2)6-8/h3-4,6H,5H2,1-2H3. The number of hydrogen-bond acceptors (Lipinski definition) is 1. The topological polar surface area (TPSA) is 22.0 Å². The first-order valence-corrected chi connectivity index (χ1v) is 3.29. The minimum absolute atomic E-state index is 0.214. The lowest BCUT2D eigenvalue weighted by Gasteiger charge is -1.88. The van der Waals surface area contributed by atoms with E-state index in [9.17, 15) is 4.79 Å². The first-order valence-electron chi connectivity index (χ1n) is 3.29. The molecule has 0 saturated heterocycles. The average molecular weight is 137 g/mol. The van der Waals surface area contributed by atoms with Gasteiger partial charge in [0.25, 0.3) is 0 Å². The summed E-state index contributed by atoms with van der Waals surface area (Å²) in [6.45, 7) is 1.60. The first-order chi connectivity index (χ1) is 4.68. The van der Waals surface area contributed by atoms with Gasteiger partial charge in [-0.25, -0.2) is 0 Å². The van der Waals surface area contributed by atoms with Gasteiger partial charge in [0.05, 0.1) is 0 Å². The molecule has 0 aliphatic rings. The molecule has 0 fully saturated rings. The van der Waals surface area contributed by atoms with Crippen LogP contribution >= 0.6 is 0 Å². The minimum Gasteiger partial charge on any atom is -0.357 e. The van der Waals surface area contributed by atoms with E-state index in [1.807, 2.05) is 30.1 Å². The Hall–Kier alpha value is -1.05. The molecule has 2 heteroatoms. The van der Waals surface area contributed by atoms with Gasteiger partial charge in [-0.15, -0.1) is 0 Å². The van der Waals surface area contributed by atoms with E-state index < -0.39 is 0 Å². The third kappa shape index (κ3) is 1.72. The molecular weight excluding hydrogens is 126 g/mol. The molecule has 0 N–H and O–H groups in total. The Morgan fingerprint density at radius 3 is 2.80 bits per heavy atom. The van der Waals surface area contributed by atoms with Crippen LogP contribution < -0.4 is 0 Å². The van der Waals surface area contributed by atoms with Crippen LogP contribution in [0.5, 0.6) is 0 Å². The van der Waals surface area contributed by atoms with E-state index in [-0.39, 0.29) is 5.78 Å². The van der Waals surface area contributed by atoms with E-state index in [0.717, 1.165) is 5.56 Å². The van der Waals surface area contributed by atoms with Crippen molar-refractivity contribution in [1.82, 2.24) is 4.57 Å². The maximum absolute atomic E-state index is 10.6. The highest BCUT2D eigenvalue weighted by Crippen LogP contribution is 2.00. The Balaban J connectivity index is 2.67. The lowest BCUT2D eigenvalue weighted by atomic mass is 10.2. The zero-order valence-corrected chi connectivity index (χ0v) is 6.29. The molecule has 1 heterocycles. The molecule has 0 unspecified atom stereocenters. The fourth-order valence-electron chi connectivity index (χ4n) is 0.953. The summed E-state index contributed by atoms with van der Waals surface area (Å²) in [5, 5.41) is 0. The number of rotatable bonds is 2. The molecule has 0 spiro atoms. The Morgan fingerprint density at radius 2 is 2.40 bits per heavy atom. The van der Waals surface area contributed by atoms with Gasteiger partial charge in [-0.2, -0.15) is 0 Å². The van der Waals surface area contributed by atoms with Crippen LogP contribution in [0.15, 0.2) is 18.5 Å². The van der Waals surface area contributed by atoms with Crippen molar-refractivity contribution in [2.45, 2.75) is 13.3 Å². The SMILES string of the molecule is CC(=O)Cc1ccn(C)c1. The van der Waals surface area contributed by atoms with E-state index in [4.69, 9.17) is 0 Å². The molecular formula is C8H11NO. The number of carbonyl (C=O) groups is 1. The van der Waals surface area contributed by atoms with Crippen molar-refractivity contribution in [3.8, 4) is 0 Å². The average Bonchev–Trinajstić information content (AvgIpc) is 2.13. The van der Waals surface area contributed by atoms with Gasteiger partial charge in [-0.1, -0.05) is 0 Å². The highest BCUT2D eigenvalue weighted by atomic mass is 16.1. The van der Waals surface area contributed by atoms with Gasteiger partial charge in [0.2, 0.25) is 0 Å². The molecule has 0 saturated carbocycles. The molecule has 0 radical (unpaired) electrons.